The lowest BCUT2D eigenvalue weighted by Crippen LogP contribution is -2.52. The Labute approximate surface area is 644 Å². The van der Waals surface area contributed by atoms with Crippen molar-refractivity contribution >= 4 is 141 Å². The molecule has 108 heavy (non-hydrogen) atoms. The molecule has 4 atom stereocenters. The van der Waals surface area contributed by atoms with Gasteiger partial charge in [-0.25, -0.2) is 14.4 Å². The number of amides is 5. The number of aliphatic imine (C=N–C) groups is 1. The average molecular weight is 1640 g/mol. The molecule has 1 saturated heterocycles. The number of hydrogen-bond acceptors (Lipinski definition) is 23. The monoisotopic (exact) mass is 1640 g/mol. The van der Waals surface area contributed by atoms with Crippen molar-refractivity contribution in [1.82, 2.24) is 46.2 Å². The Bertz CT molecular complexity index is 3500. The SMILES string of the molecule is CN1CCN(CC(=O)O)CCN(CC(=O)O)CCN(CC(=O)O)C(Cc2ccc(NC(=S)NCCCC[C@H](NC(=O)CN=C(C=NN)c3cccc(NC(=O)NCCCC[C@H](NC(=O)NCCCC(=O)O)C(=O)O)c3)C(=O)C[C@@H](CCCCCC(=O)CCCc3ccc(I)cc3)C(=O)O)cc2)C1.O=C=O.O=C=O. The van der Waals surface area contributed by atoms with Crippen LogP contribution in [0.5, 0.6) is 0 Å². The molecule has 15 N–H and O–H groups in total. The number of nitrogens with zero attached hydrogens (tertiary/aromatic N) is 6. The molecule has 5 amide bonds. The number of carboxylic acids is 6. The van der Waals surface area contributed by atoms with Gasteiger partial charge in [-0.05, 0) is 166 Å². The number of ketones is 2. The molecule has 0 saturated carbocycles. The minimum atomic E-state index is -1.26. The van der Waals surface area contributed by atoms with E-state index < -0.39 is 84.1 Å². The number of carboxylic acid groups (broad SMARTS) is 6. The Balaban J connectivity index is 0.00000637. The van der Waals surface area contributed by atoms with E-state index in [0.29, 0.717) is 114 Å². The first-order valence-corrected chi connectivity index (χ1v) is 36.4. The van der Waals surface area contributed by atoms with Crippen LogP contribution in [0.15, 0.2) is 82.9 Å². The van der Waals surface area contributed by atoms with E-state index in [-0.39, 0.29) is 126 Å². The zero-order valence-corrected chi connectivity index (χ0v) is 63.3. The summed E-state index contributed by atoms with van der Waals surface area (Å²) in [5.41, 5.74) is 3.55. The van der Waals surface area contributed by atoms with Gasteiger partial charge in [0.2, 0.25) is 5.91 Å². The van der Waals surface area contributed by atoms with Gasteiger partial charge in [0.1, 0.15) is 18.4 Å². The Morgan fingerprint density at radius 1 is 0.593 bits per heavy atom. The number of halogens is 1. The highest BCUT2D eigenvalue weighted by atomic mass is 127. The van der Waals surface area contributed by atoms with Crippen molar-refractivity contribution in [3.63, 3.8) is 0 Å². The zero-order valence-electron chi connectivity index (χ0n) is 60.3. The molecule has 592 valence electrons. The third-order valence-corrected chi connectivity index (χ3v) is 17.7. The standard InChI is InChI=1S/C69H99IN14O17S.2CO2/c1-81-32-33-82(44-62(90)91)34-35-83(45-63(92)93)36-37-84(46-64(94)95)54(43-81)38-48-23-27-52(28-24-48)78-69(102)74-30-8-5-18-56(59(86)40-50(65(96)97)13-3-2-4-16-55(85)17-9-12-47-21-25-51(70)26-22-47)79-60(87)42-75-58(41-76-71)49-14-10-15-53(39-49)77-67(100)72-29-7-6-19-57(66(98)99)80-68(101)73-31-11-20-61(88)89;2*2-1-3/h10,14-15,21-28,39,41,50,54,56-57H,2-9,11-13,16-20,29-38,40,42-46,71H2,1H3,(H,79,87)(H,88,89)(H,90,91)(H,92,93)(H,94,95)(H,96,97)(H,98,99)(H2,72,77,100)(H2,73,80,101)(H2,74,78,102);;/t50-,54?,56+,57+;;/m1../s1. The number of aliphatic carboxylic acids is 6. The van der Waals surface area contributed by atoms with Gasteiger partial charge in [0.05, 0.1) is 43.5 Å². The van der Waals surface area contributed by atoms with Crippen molar-refractivity contribution in [2.24, 2.45) is 21.9 Å². The third kappa shape index (κ3) is 44.2. The Kier molecular flexibility index (Phi) is 48.3. The van der Waals surface area contributed by atoms with Gasteiger partial charge >= 0.3 is 60.2 Å². The molecule has 0 bridgehead atoms. The van der Waals surface area contributed by atoms with Gasteiger partial charge in [0, 0.05) is 118 Å². The Hall–Kier alpha value is -10.0. The topological polar surface area (TPSA) is 525 Å². The van der Waals surface area contributed by atoms with Gasteiger partial charge in [-0.1, -0.05) is 49.2 Å². The lowest BCUT2D eigenvalue weighted by atomic mass is 9.91. The quantitative estimate of drug-likeness (QED) is 0.00959. The molecule has 1 fully saturated rings. The highest BCUT2D eigenvalue weighted by molar-refractivity contribution is 14.1. The number of nitrogens with one attached hydrogen (secondary N) is 7. The van der Waals surface area contributed by atoms with E-state index >= 15 is 0 Å². The summed E-state index contributed by atoms with van der Waals surface area (Å²) in [5, 5.41) is 80.9. The maximum atomic E-state index is 14.2. The van der Waals surface area contributed by atoms with Crippen LogP contribution in [0.3, 0.4) is 0 Å². The van der Waals surface area contributed by atoms with Gasteiger partial charge in [-0.3, -0.25) is 58.0 Å². The zero-order chi connectivity index (χ0) is 80.2. The molecule has 35 nitrogen and oxygen atoms in total. The molecule has 37 heteroatoms. The van der Waals surface area contributed by atoms with Crippen LogP contribution in [-0.2, 0) is 75.2 Å². The summed E-state index contributed by atoms with van der Waals surface area (Å²) in [6.45, 7) is 1.68. The van der Waals surface area contributed by atoms with Crippen LogP contribution in [0.2, 0.25) is 0 Å². The van der Waals surface area contributed by atoms with E-state index in [0.717, 1.165) is 27.5 Å². The van der Waals surface area contributed by atoms with E-state index in [1.165, 1.54) is 6.21 Å². The fourth-order valence-electron chi connectivity index (χ4n) is 11.3. The second-order valence-electron chi connectivity index (χ2n) is 25.2. The number of Topliss-reactive ketones (excluding diaryl/α,β-unsaturated/α-hetero) is 2. The highest BCUT2D eigenvalue weighted by Crippen LogP contribution is 2.21. The number of anilines is 2. The van der Waals surface area contributed by atoms with E-state index in [4.69, 9.17) is 42.3 Å². The second-order valence-corrected chi connectivity index (χ2v) is 26.9. The summed E-state index contributed by atoms with van der Waals surface area (Å²) in [6.07, 6.45) is 7.63. The molecule has 0 aliphatic carbocycles. The minimum Gasteiger partial charge on any atom is -0.481 e. The van der Waals surface area contributed by atoms with Crippen molar-refractivity contribution in [2.75, 3.05) is 109 Å². The maximum absolute atomic E-state index is 14.2. The van der Waals surface area contributed by atoms with Crippen LogP contribution >= 0.6 is 34.8 Å². The van der Waals surface area contributed by atoms with Crippen molar-refractivity contribution < 1.29 is 103 Å². The molecule has 0 radical (unpaired) electrons. The van der Waals surface area contributed by atoms with Crippen molar-refractivity contribution in [3.05, 3.63) is 93.1 Å². The molecule has 1 heterocycles. The van der Waals surface area contributed by atoms with Gasteiger partial charge in [-0.15, -0.1) is 0 Å². The van der Waals surface area contributed by atoms with Crippen LogP contribution in [-0.4, -0.2) is 262 Å². The first-order chi connectivity index (χ1) is 51.6. The molecule has 3 aromatic rings. The fraction of sp³-hybridized carbons (Fsp3) is 0.521. The number of unbranched alkanes of at least 4 members (excludes halogenated alkanes) is 4. The normalized spacial score (nSPS) is 14.6. The third-order valence-electron chi connectivity index (χ3n) is 16.7. The van der Waals surface area contributed by atoms with Crippen molar-refractivity contribution in [1.29, 1.82) is 0 Å². The highest BCUT2D eigenvalue weighted by Gasteiger charge is 2.29. The number of rotatable bonds is 45. The summed E-state index contributed by atoms with van der Waals surface area (Å²) in [5.74, 6) is -3.06. The summed E-state index contributed by atoms with van der Waals surface area (Å²) >= 11 is 7.88. The number of likely N-dealkylation sites (N-methyl/N-ethyl adjacent to an activating group) is 1. The summed E-state index contributed by atoms with van der Waals surface area (Å²) in [7, 11) is 1.89. The molecule has 3 aromatic carbocycles. The lowest BCUT2D eigenvalue weighted by Gasteiger charge is -2.37. The van der Waals surface area contributed by atoms with Gasteiger partial charge in [0.15, 0.2) is 10.9 Å². The van der Waals surface area contributed by atoms with E-state index in [1.54, 1.807) is 34.1 Å². The van der Waals surface area contributed by atoms with Crippen LogP contribution in [0.4, 0.5) is 21.0 Å². The first-order valence-electron chi connectivity index (χ1n) is 35.0. The number of nitrogens with two attached hydrogens (primary N) is 1. The number of carbonyl (C=O) groups is 11. The molecular weight excluding hydrogens is 1540 g/mol. The van der Waals surface area contributed by atoms with E-state index in [9.17, 15) is 78.3 Å². The molecule has 1 aliphatic rings. The number of hydrogen-bond donors (Lipinski definition) is 14. The molecule has 0 aromatic heterocycles. The summed E-state index contributed by atoms with van der Waals surface area (Å²) in [4.78, 5) is 181. The van der Waals surface area contributed by atoms with Crippen LogP contribution in [0.25, 0.3) is 0 Å². The molecule has 1 unspecified atom stereocenters. The van der Waals surface area contributed by atoms with Crippen molar-refractivity contribution in [3.8, 4) is 0 Å². The first kappa shape index (κ1) is 94.1. The summed E-state index contributed by atoms with van der Waals surface area (Å²) in [6, 6.07) is 18.0. The minimum absolute atomic E-state index is 0.0473. The molecule has 0 spiro atoms. The largest absolute Gasteiger partial charge is 0.481 e. The Morgan fingerprint density at radius 3 is 1.76 bits per heavy atom. The van der Waals surface area contributed by atoms with Crippen LogP contribution in [0, 0.1) is 9.49 Å². The average Bonchev–Trinajstić information content (AvgIpc) is 0.868. The number of urea groups is 2. The van der Waals surface area contributed by atoms with Gasteiger partial charge in [0.25, 0.3) is 0 Å². The fourth-order valence-corrected chi connectivity index (χ4v) is 11.9. The molecular formula is C71H99IN14O21S. The van der Waals surface area contributed by atoms with Crippen LogP contribution < -0.4 is 43.1 Å². The number of aryl methyl sites for hydroxylation is 1. The van der Waals surface area contributed by atoms with Crippen LogP contribution in [0.1, 0.15) is 119 Å². The predicted octanol–water partition coefficient (Wildman–Crippen LogP) is 3.63. The lowest BCUT2D eigenvalue weighted by molar-refractivity contribution is -0.193. The maximum Gasteiger partial charge on any atom is 0.373 e. The molecule has 4 rings (SSSR count). The number of hydrazone groups is 1. The number of benzene rings is 3. The summed E-state index contributed by atoms with van der Waals surface area (Å²) < 4.78 is 1.13. The van der Waals surface area contributed by atoms with E-state index in [2.05, 4.69) is 69.9 Å². The predicted molar refractivity (Wildman–Crippen MR) is 406 cm³/mol. The van der Waals surface area contributed by atoms with E-state index in [1.807, 2.05) is 65.4 Å². The molecule has 1 aliphatic heterocycles. The Morgan fingerprint density at radius 2 is 1.16 bits per heavy atom. The van der Waals surface area contributed by atoms with Gasteiger partial charge in [-0.2, -0.15) is 24.3 Å². The smallest absolute Gasteiger partial charge is 0.373 e. The van der Waals surface area contributed by atoms with Gasteiger partial charge < -0.3 is 78.6 Å². The second kappa shape index (κ2) is 55.4. The number of carbonyl (C=O) groups excluding carboxylic acids is 9. The van der Waals surface area contributed by atoms with Crippen molar-refractivity contribution in [2.45, 2.75) is 134 Å². The number of thiocarbonyl (C=S) groups is 1.